The Morgan fingerprint density at radius 2 is 2.19 bits per heavy atom. The molecule has 21 heavy (non-hydrogen) atoms. The first-order valence-electron chi connectivity index (χ1n) is 6.64. The summed E-state index contributed by atoms with van der Waals surface area (Å²) < 4.78 is 6.99. The zero-order valence-corrected chi connectivity index (χ0v) is 14.0. The normalized spacial score (nSPS) is 11.0. The van der Waals surface area contributed by atoms with Gasteiger partial charge in [0.15, 0.2) is 5.16 Å². The van der Waals surface area contributed by atoms with Crippen molar-refractivity contribution in [2.45, 2.75) is 23.5 Å². The minimum atomic E-state index is 0.686. The summed E-state index contributed by atoms with van der Waals surface area (Å²) in [5.41, 5.74) is 1.14. The van der Waals surface area contributed by atoms with Crippen LogP contribution < -0.4 is 5.32 Å². The number of nitrogens with one attached hydrogen (secondary N) is 1. The van der Waals surface area contributed by atoms with Crippen molar-refractivity contribution in [3.8, 4) is 0 Å². The lowest BCUT2D eigenvalue weighted by Gasteiger charge is -2.11. The van der Waals surface area contributed by atoms with Gasteiger partial charge < -0.3 is 14.6 Å². The summed E-state index contributed by atoms with van der Waals surface area (Å²) in [5.74, 6) is 0.879. The molecule has 1 aromatic heterocycles. The van der Waals surface area contributed by atoms with E-state index < -0.39 is 0 Å². The Morgan fingerprint density at radius 1 is 1.38 bits per heavy atom. The fraction of sp³-hybridized carbons (Fsp3) is 0.429. The van der Waals surface area contributed by atoms with Gasteiger partial charge in [0.1, 0.15) is 5.82 Å². The molecule has 1 heterocycles. The molecule has 2 rings (SSSR count). The second kappa shape index (κ2) is 7.79. The van der Waals surface area contributed by atoms with Crippen molar-refractivity contribution >= 4 is 23.4 Å². The van der Waals surface area contributed by atoms with E-state index in [0.29, 0.717) is 6.61 Å². The van der Waals surface area contributed by atoms with Crippen LogP contribution in [0.15, 0.2) is 28.3 Å². The summed E-state index contributed by atoms with van der Waals surface area (Å²) in [4.78, 5) is 1.01. The molecule has 1 N–H and O–H groups in total. The zero-order valence-electron chi connectivity index (χ0n) is 12.4. The molecule has 1 aromatic carbocycles. The smallest absolute Gasteiger partial charge is 0.195 e. The largest absolute Gasteiger partial charge is 0.383 e. The first-order chi connectivity index (χ1) is 10.1. The van der Waals surface area contributed by atoms with Crippen molar-refractivity contribution < 1.29 is 4.74 Å². The molecular weight excluding hydrogens is 308 g/mol. The Kier molecular flexibility index (Phi) is 6.05. The monoisotopic (exact) mass is 326 g/mol. The van der Waals surface area contributed by atoms with Crippen LogP contribution in [0.1, 0.15) is 11.4 Å². The Balaban J connectivity index is 2.15. The average Bonchev–Trinajstić information content (AvgIpc) is 2.78. The molecule has 0 saturated carbocycles. The maximum Gasteiger partial charge on any atom is 0.195 e. The third-order valence-corrected chi connectivity index (χ3v) is 4.74. The molecule has 0 aliphatic heterocycles. The molecule has 0 amide bonds. The van der Waals surface area contributed by atoms with E-state index in [4.69, 9.17) is 16.3 Å². The van der Waals surface area contributed by atoms with Crippen LogP contribution in [0.25, 0.3) is 0 Å². The number of benzene rings is 1. The lowest BCUT2D eigenvalue weighted by molar-refractivity contribution is 0.199. The molecule has 0 radical (unpaired) electrons. The number of hydrogen-bond donors (Lipinski definition) is 1. The van der Waals surface area contributed by atoms with Gasteiger partial charge in [-0.15, -0.1) is 10.2 Å². The van der Waals surface area contributed by atoms with Gasteiger partial charge in [-0.25, -0.2) is 0 Å². The highest BCUT2D eigenvalue weighted by atomic mass is 35.5. The summed E-state index contributed by atoms with van der Waals surface area (Å²) in [6, 6.07) is 5.92. The molecule has 0 bridgehead atoms. The third kappa shape index (κ3) is 4.20. The number of halogens is 1. The number of methoxy groups -OCH3 is 1. The number of aryl methyl sites for hydroxylation is 1. The van der Waals surface area contributed by atoms with Gasteiger partial charge in [-0.1, -0.05) is 23.7 Å². The molecule has 5 nitrogen and oxygen atoms in total. The molecule has 114 valence electrons. The van der Waals surface area contributed by atoms with Gasteiger partial charge in [-0.05, 0) is 30.3 Å². The van der Waals surface area contributed by atoms with Gasteiger partial charge in [0.25, 0.3) is 0 Å². The minimum absolute atomic E-state index is 0.686. The number of nitrogens with zero attached hydrogens (tertiary/aromatic N) is 3. The number of ether oxygens (including phenoxy) is 1. The molecule has 0 saturated heterocycles. The van der Waals surface area contributed by atoms with Crippen molar-refractivity contribution in [1.82, 2.24) is 20.1 Å². The Labute approximate surface area is 134 Å². The summed E-state index contributed by atoms with van der Waals surface area (Å²) in [6.45, 7) is 4.15. The summed E-state index contributed by atoms with van der Waals surface area (Å²) in [5, 5.41) is 13.2. The van der Waals surface area contributed by atoms with Crippen LogP contribution in [0.4, 0.5) is 0 Å². The first-order valence-corrected chi connectivity index (χ1v) is 7.83. The van der Waals surface area contributed by atoms with Gasteiger partial charge in [0, 0.05) is 32.1 Å². The quantitative estimate of drug-likeness (QED) is 0.793. The summed E-state index contributed by atoms with van der Waals surface area (Å²) in [6.07, 6.45) is 0. The Morgan fingerprint density at radius 3 is 2.86 bits per heavy atom. The van der Waals surface area contributed by atoms with E-state index in [0.717, 1.165) is 39.6 Å². The van der Waals surface area contributed by atoms with E-state index in [1.54, 1.807) is 7.11 Å². The fourth-order valence-electron chi connectivity index (χ4n) is 1.77. The van der Waals surface area contributed by atoms with Crippen molar-refractivity contribution in [3.05, 3.63) is 34.6 Å². The molecular formula is C14H19ClN4OS. The van der Waals surface area contributed by atoms with E-state index in [9.17, 15) is 0 Å². The lowest BCUT2D eigenvalue weighted by Crippen LogP contribution is -2.19. The van der Waals surface area contributed by atoms with Gasteiger partial charge >= 0.3 is 0 Å². The summed E-state index contributed by atoms with van der Waals surface area (Å²) in [7, 11) is 3.64. The second-order valence-electron chi connectivity index (χ2n) is 4.59. The zero-order chi connectivity index (χ0) is 15.2. The van der Waals surface area contributed by atoms with Crippen LogP contribution in [0.5, 0.6) is 0 Å². The van der Waals surface area contributed by atoms with Gasteiger partial charge in [0.2, 0.25) is 0 Å². The van der Waals surface area contributed by atoms with Crippen LogP contribution in [0.3, 0.4) is 0 Å². The van der Waals surface area contributed by atoms with Crippen LogP contribution in [0, 0.1) is 6.92 Å². The maximum absolute atomic E-state index is 6.35. The minimum Gasteiger partial charge on any atom is -0.383 e. The topological polar surface area (TPSA) is 52.0 Å². The van der Waals surface area contributed by atoms with Crippen LogP contribution >= 0.6 is 23.4 Å². The van der Waals surface area contributed by atoms with Crippen molar-refractivity contribution in [3.63, 3.8) is 0 Å². The lowest BCUT2D eigenvalue weighted by atomic mass is 10.2. The Bertz CT molecular complexity index is 603. The summed E-state index contributed by atoms with van der Waals surface area (Å²) >= 11 is 7.89. The first kappa shape index (κ1) is 16.3. The highest BCUT2D eigenvalue weighted by Gasteiger charge is 2.13. The number of rotatable bonds is 7. The molecule has 0 spiro atoms. The van der Waals surface area contributed by atoms with Crippen molar-refractivity contribution in [2.75, 3.05) is 20.3 Å². The highest BCUT2D eigenvalue weighted by molar-refractivity contribution is 7.99. The fourth-order valence-corrected chi connectivity index (χ4v) is 3.05. The molecule has 2 aromatic rings. The molecule has 0 aliphatic rings. The molecule has 7 heteroatoms. The van der Waals surface area contributed by atoms with E-state index in [-0.39, 0.29) is 0 Å². The second-order valence-corrected chi connectivity index (χ2v) is 5.97. The van der Waals surface area contributed by atoms with E-state index >= 15 is 0 Å². The average molecular weight is 327 g/mol. The Hall–Kier alpha value is -1.08. The molecule has 0 aliphatic carbocycles. The highest BCUT2D eigenvalue weighted by Crippen LogP contribution is 2.35. The van der Waals surface area contributed by atoms with Gasteiger partial charge in [-0.2, -0.15) is 0 Å². The standard InChI is InChI=1S/C14H19ClN4OS/c1-10-17-18-14(19(10)2)21-13-11(5-4-6-12(13)15)9-16-7-8-20-3/h4-6,16H,7-9H2,1-3H3. The predicted octanol–water partition coefficient (Wildman–Crippen LogP) is 2.66. The van der Waals surface area contributed by atoms with E-state index in [1.807, 2.05) is 30.7 Å². The van der Waals surface area contributed by atoms with Crippen LogP contribution in [-0.2, 0) is 18.3 Å². The van der Waals surface area contributed by atoms with Gasteiger partial charge in [-0.3, -0.25) is 0 Å². The SMILES string of the molecule is COCCNCc1cccc(Cl)c1Sc1nnc(C)n1C. The number of aromatic nitrogens is 3. The van der Waals surface area contributed by atoms with Crippen molar-refractivity contribution in [2.24, 2.45) is 7.05 Å². The predicted molar refractivity (Wildman–Crippen MR) is 84.9 cm³/mol. The van der Waals surface area contributed by atoms with Gasteiger partial charge in [0.05, 0.1) is 11.6 Å². The van der Waals surface area contributed by atoms with Crippen LogP contribution in [0.2, 0.25) is 5.02 Å². The van der Waals surface area contributed by atoms with E-state index in [2.05, 4.69) is 21.6 Å². The molecule has 0 fully saturated rings. The number of hydrogen-bond acceptors (Lipinski definition) is 5. The molecule has 0 atom stereocenters. The maximum atomic E-state index is 6.35. The van der Waals surface area contributed by atoms with E-state index in [1.165, 1.54) is 11.8 Å². The van der Waals surface area contributed by atoms with Crippen LogP contribution in [-0.4, -0.2) is 35.0 Å². The molecule has 0 unspecified atom stereocenters. The van der Waals surface area contributed by atoms with Crippen molar-refractivity contribution in [1.29, 1.82) is 0 Å². The third-order valence-electron chi connectivity index (χ3n) is 3.09.